The normalized spacial score (nSPS) is 17.7. The van der Waals surface area contributed by atoms with Gasteiger partial charge < -0.3 is 14.7 Å². The molecular formula is C32H41N5O. The van der Waals surface area contributed by atoms with Crippen LogP contribution in [0.15, 0.2) is 36.4 Å². The van der Waals surface area contributed by atoms with Crippen molar-refractivity contribution in [2.24, 2.45) is 0 Å². The Bertz CT molecular complexity index is 1360. The lowest BCUT2D eigenvalue weighted by atomic mass is 9.97. The van der Waals surface area contributed by atoms with Crippen LogP contribution in [0.5, 0.6) is 0 Å². The molecule has 1 fully saturated rings. The van der Waals surface area contributed by atoms with Crippen LogP contribution >= 0.6 is 0 Å². The average Bonchev–Trinajstić information content (AvgIpc) is 2.89. The van der Waals surface area contributed by atoms with Crippen LogP contribution in [0.2, 0.25) is 0 Å². The van der Waals surface area contributed by atoms with Gasteiger partial charge in [-0.3, -0.25) is 4.79 Å². The van der Waals surface area contributed by atoms with E-state index in [1.807, 2.05) is 4.90 Å². The highest BCUT2D eigenvalue weighted by atomic mass is 16.2. The van der Waals surface area contributed by atoms with Crippen LogP contribution < -0.4 is 9.80 Å². The van der Waals surface area contributed by atoms with E-state index < -0.39 is 0 Å². The summed E-state index contributed by atoms with van der Waals surface area (Å²) in [5.41, 5.74) is 9.86. The molecule has 3 aromatic rings. The maximum absolute atomic E-state index is 12.1. The van der Waals surface area contributed by atoms with Gasteiger partial charge in [-0.15, -0.1) is 0 Å². The summed E-state index contributed by atoms with van der Waals surface area (Å²) < 4.78 is 0. The molecule has 38 heavy (non-hydrogen) atoms. The number of anilines is 2. The van der Waals surface area contributed by atoms with E-state index in [2.05, 4.69) is 87.7 Å². The zero-order chi connectivity index (χ0) is 27.1. The molecule has 2 aliphatic rings. The summed E-state index contributed by atoms with van der Waals surface area (Å²) in [5.74, 6) is 2.48. The third kappa shape index (κ3) is 5.01. The summed E-state index contributed by atoms with van der Waals surface area (Å²) in [6.45, 7) is 18.8. The van der Waals surface area contributed by atoms with E-state index in [-0.39, 0.29) is 11.9 Å². The Morgan fingerprint density at radius 2 is 1.74 bits per heavy atom. The molecule has 1 saturated heterocycles. The molecule has 3 heterocycles. The lowest BCUT2D eigenvalue weighted by Gasteiger charge is -2.42. The van der Waals surface area contributed by atoms with Gasteiger partial charge in [0.2, 0.25) is 5.91 Å². The van der Waals surface area contributed by atoms with Crippen LogP contribution in [-0.4, -0.2) is 53.0 Å². The summed E-state index contributed by atoms with van der Waals surface area (Å²) in [4.78, 5) is 29.4. The number of carbonyl (C=O) groups excluding carboxylic acids is 1. The van der Waals surface area contributed by atoms with Gasteiger partial charge in [0, 0.05) is 68.9 Å². The molecule has 5 rings (SSSR count). The zero-order valence-corrected chi connectivity index (χ0v) is 24.0. The molecule has 0 saturated carbocycles. The first-order chi connectivity index (χ1) is 18.1. The number of amides is 1. The highest BCUT2D eigenvalue weighted by molar-refractivity contribution is 5.74. The molecule has 2 aromatic carbocycles. The minimum atomic E-state index is 0.143. The predicted molar refractivity (Wildman–Crippen MR) is 156 cm³/mol. The number of benzene rings is 2. The van der Waals surface area contributed by atoms with Crippen molar-refractivity contribution in [2.75, 3.05) is 36.0 Å². The Hall–Kier alpha value is -3.41. The predicted octanol–water partition coefficient (Wildman–Crippen LogP) is 5.81. The number of fused-ring (bicyclic) bond motifs is 1. The molecule has 0 radical (unpaired) electrons. The van der Waals surface area contributed by atoms with E-state index in [1.54, 1.807) is 6.92 Å². The first-order valence-electron chi connectivity index (χ1n) is 14.0. The average molecular weight is 512 g/mol. The minimum absolute atomic E-state index is 0.143. The summed E-state index contributed by atoms with van der Waals surface area (Å²) in [6.07, 6.45) is 0.885. The Morgan fingerprint density at radius 3 is 2.45 bits per heavy atom. The van der Waals surface area contributed by atoms with Crippen LogP contribution in [0.4, 0.5) is 11.5 Å². The Morgan fingerprint density at radius 1 is 0.974 bits per heavy atom. The van der Waals surface area contributed by atoms with Gasteiger partial charge in [-0.1, -0.05) is 43.7 Å². The molecule has 6 heteroatoms. The zero-order valence-electron chi connectivity index (χ0n) is 24.0. The molecule has 0 aliphatic carbocycles. The van der Waals surface area contributed by atoms with Crippen LogP contribution in [-0.2, 0) is 17.8 Å². The van der Waals surface area contributed by atoms with Gasteiger partial charge in [0.1, 0.15) is 5.82 Å². The van der Waals surface area contributed by atoms with E-state index in [9.17, 15) is 4.79 Å². The Labute approximate surface area is 227 Å². The van der Waals surface area contributed by atoms with Gasteiger partial charge in [-0.2, -0.15) is 0 Å². The second-order valence-corrected chi connectivity index (χ2v) is 11.5. The number of hydrogen-bond donors (Lipinski definition) is 0. The molecule has 0 bridgehead atoms. The maximum atomic E-state index is 12.1. The third-order valence-corrected chi connectivity index (χ3v) is 8.26. The quantitative estimate of drug-likeness (QED) is 0.442. The Kier molecular flexibility index (Phi) is 7.17. The van der Waals surface area contributed by atoms with Crippen LogP contribution in [0.25, 0.3) is 11.4 Å². The fraction of sp³-hybridized carbons (Fsp3) is 0.469. The molecule has 200 valence electrons. The molecule has 0 N–H and O–H groups in total. The molecular weight excluding hydrogens is 470 g/mol. The number of piperazine rings is 1. The number of rotatable bonds is 4. The van der Waals surface area contributed by atoms with E-state index in [0.717, 1.165) is 55.5 Å². The van der Waals surface area contributed by atoms with Crippen molar-refractivity contribution in [1.82, 2.24) is 14.9 Å². The van der Waals surface area contributed by atoms with Gasteiger partial charge in [-0.25, -0.2) is 9.97 Å². The smallest absolute Gasteiger partial charge is 0.219 e. The second-order valence-electron chi connectivity index (χ2n) is 11.5. The van der Waals surface area contributed by atoms with Crippen LogP contribution in [0, 0.1) is 20.8 Å². The molecule has 1 atom stereocenters. The molecule has 6 nitrogen and oxygen atoms in total. The molecule has 0 spiro atoms. The van der Waals surface area contributed by atoms with Crippen LogP contribution in [0.3, 0.4) is 0 Å². The Balaban J connectivity index is 1.59. The fourth-order valence-corrected chi connectivity index (χ4v) is 5.82. The molecule has 0 unspecified atom stereocenters. The van der Waals surface area contributed by atoms with Gasteiger partial charge in [0.25, 0.3) is 0 Å². The van der Waals surface area contributed by atoms with Crippen molar-refractivity contribution >= 4 is 17.4 Å². The van der Waals surface area contributed by atoms with Crippen molar-refractivity contribution in [3.8, 4) is 11.4 Å². The number of aromatic nitrogens is 2. The maximum Gasteiger partial charge on any atom is 0.219 e. The van der Waals surface area contributed by atoms with Gasteiger partial charge in [0.05, 0.1) is 5.69 Å². The molecule has 1 amide bonds. The lowest BCUT2D eigenvalue weighted by molar-refractivity contribution is -0.129. The number of hydrogen-bond acceptors (Lipinski definition) is 5. The number of nitrogens with zero attached hydrogens (tertiary/aromatic N) is 5. The number of aryl methyl sites for hydroxylation is 3. The summed E-state index contributed by atoms with van der Waals surface area (Å²) in [7, 11) is 0. The highest BCUT2D eigenvalue weighted by Crippen LogP contribution is 2.36. The van der Waals surface area contributed by atoms with Gasteiger partial charge >= 0.3 is 0 Å². The topological polar surface area (TPSA) is 52.6 Å². The minimum Gasteiger partial charge on any atom is -0.366 e. The summed E-state index contributed by atoms with van der Waals surface area (Å²) in [6, 6.07) is 13.6. The first-order valence-corrected chi connectivity index (χ1v) is 14.0. The van der Waals surface area contributed by atoms with Crippen molar-refractivity contribution in [3.63, 3.8) is 0 Å². The lowest BCUT2D eigenvalue weighted by Crippen LogP contribution is -2.54. The van der Waals surface area contributed by atoms with Crippen molar-refractivity contribution < 1.29 is 4.79 Å². The van der Waals surface area contributed by atoms with Gasteiger partial charge in [0.15, 0.2) is 5.82 Å². The summed E-state index contributed by atoms with van der Waals surface area (Å²) in [5, 5.41) is 0. The van der Waals surface area contributed by atoms with E-state index in [0.29, 0.717) is 12.5 Å². The molecule has 1 aromatic heterocycles. The SMILES string of the molecule is CC(=O)N1CCN(c2nc(-c3cc(C)ccc3C)nc3c2CN(c2cc(C(C)C)ccc2C)CC3)[C@H](C)C1. The van der Waals surface area contributed by atoms with E-state index in [1.165, 1.54) is 33.5 Å². The van der Waals surface area contributed by atoms with E-state index in [4.69, 9.17) is 9.97 Å². The largest absolute Gasteiger partial charge is 0.366 e. The fourth-order valence-electron chi connectivity index (χ4n) is 5.82. The molecule has 2 aliphatic heterocycles. The standard InChI is InChI=1S/C32H41N5O/c1-20(2)26-11-10-23(5)30(17-26)36-13-12-29-28(19-36)32(37-15-14-35(25(7)38)18-24(37)6)34-31(33-29)27-16-21(3)8-9-22(27)4/h8-11,16-17,20,24H,12-15,18-19H2,1-7H3/t24-/m1/s1. The monoisotopic (exact) mass is 511 g/mol. The van der Waals surface area contributed by atoms with Crippen molar-refractivity contribution in [2.45, 2.75) is 73.4 Å². The third-order valence-electron chi connectivity index (χ3n) is 8.26. The van der Waals surface area contributed by atoms with Crippen molar-refractivity contribution in [3.05, 3.63) is 69.9 Å². The summed E-state index contributed by atoms with van der Waals surface area (Å²) >= 11 is 0. The second kappa shape index (κ2) is 10.4. The van der Waals surface area contributed by atoms with Gasteiger partial charge in [-0.05, 0) is 62.4 Å². The highest BCUT2D eigenvalue weighted by Gasteiger charge is 2.32. The van der Waals surface area contributed by atoms with Crippen molar-refractivity contribution in [1.29, 1.82) is 0 Å². The van der Waals surface area contributed by atoms with E-state index >= 15 is 0 Å². The number of carbonyl (C=O) groups is 1. The van der Waals surface area contributed by atoms with Crippen LogP contribution in [0.1, 0.15) is 67.1 Å². The first kappa shape index (κ1) is 26.2.